The number of hydrogen-bond donors (Lipinski definition) is 3. The molecule has 6 heteroatoms. The number of amides is 1. The van der Waals surface area contributed by atoms with Gasteiger partial charge in [0.1, 0.15) is 12.4 Å². The first-order valence-electron chi connectivity index (χ1n) is 8.24. The molecule has 126 valence electrons. The number of benzene rings is 1. The fraction of sp³-hybridized carbons (Fsp3) is 0.588. The summed E-state index contributed by atoms with van der Waals surface area (Å²) in [5.74, 6) is 0.455. The zero-order chi connectivity index (χ0) is 16.1. The van der Waals surface area contributed by atoms with Gasteiger partial charge in [0, 0.05) is 32.2 Å². The number of rotatable bonds is 6. The van der Waals surface area contributed by atoms with Gasteiger partial charge < -0.3 is 25.2 Å². The number of β-amino-alcohol motifs (C(OH)–C–C–N with tert-alkyl or cyclic N) is 1. The quantitative estimate of drug-likeness (QED) is 0.713. The molecule has 2 saturated heterocycles. The summed E-state index contributed by atoms with van der Waals surface area (Å²) >= 11 is 0. The number of para-hydroxylation sites is 1. The topological polar surface area (TPSA) is 79.8 Å². The number of carbonyl (C=O) groups is 1. The van der Waals surface area contributed by atoms with E-state index in [2.05, 4.69) is 10.6 Å². The molecule has 23 heavy (non-hydrogen) atoms. The van der Waals surface area contributed by atoms with Gasteiger partial charge in [0.15, 0.2) is 0 Å². The van der Waals surface area contributed by atoms with Crippen LogP contribution in [0.4, 0.5) is 0 Å². The van der Waals surface area contributed by atoms with E-state index in [-0.39, 0.29) is 17.9 Å². The minimum Gasteiger partial charge on any atom is -0.490 e. The Balaban J connectivity index is 1.56. The summed E-state index contributed by atoms with van der Waals surface area (Å²) in [7, 11) is 0. The van der Waals surface area contributed by atoms with Crippen LogP contribution in [0, 0.1) is 5.92 Å². The SMILES string of the molecule is O=C(NCC1CNCC1O)c1ccccc1OCC1CCCO1. The number of carbonyl (C=O) groups excluding carboxylic acids is 1. The number of nitrogens with one attached hydrogen (secondary N) is 2. The van der Waals surface area contributed by atoms with Gasteiger partial charge in [-0.3, -0.25) is 4.79 Å². The number of ether oxygens (including phenoxy) is 2. The third-order valence-corrected chi connectivity index (χ3v) is 4.41. The molecular weight excluding hydrogens is 296 g/mol. The molecule has 2 aliphatic heterocycles. The molecule has 0 saturated carbocycles. The monoisotopic (exact) mass is 320 g/mol. The molecule has 2 aliphatic rings. The molecule has 3 rings (SSSR count). The molecular formula is C17H24N2O4. The summed E-state index contributed by atoms with van der Waals surface area (Å²) in [6.07, 6.45) is 1.78. The molecule has 3 unspecified atom stereocenters. The third kappa shape index (κ3) is 4.22. The zero-order valence-corrected chi connectivity index (χ0v) is 13.2. The second-order valence-electron chi connectivity index (χ2n) is 6.14. The van der Waals surface area contributed by atoms with Crippen molar-refractivity contribution >= 4 is 5.91 Å². The molecule has 0 aliphatic carbocycles. The Morgan fingerprint density at radius 1 is 1.39 bits per heavy atom. The average molecular weight is 320 g/mol. The summed E-state index contributed by atoms with van der Waals surface area (Å²) in [6, 6.07) is 7.23. The molecule has 3 N–H and O–H groups in total. The maximum Gasteiger partial charge on any atom is 0.255 e. The van der Waals surface area contributed by atoms with Crippen molar-refractivity contribution in [3.63, 3.8) is 0 Å². The largest absolute Gasteiger partial charge is 0.490 e. The molecule has 0 spiro atoms. The lowest BCUT2D eigenvalue weighted by atomic mass is 10.1. The van der Waals surface area contributed by atoms with E-state index in [9.17, 15) is 9.90 Å². The molecule has 1 amide bonds. The van der Waals surface area contributed by atoms with Crippen molar-refractivity contribution in [2.75, 3.05) is 32.8 Å². The van der Waals surface area contributed by atoms with Gasteiger partial charge in [0.05, 0.1) is 17.8 Å². The van der Waals surface area contributed by atoms with E-state index < -0.39 is 6.10 Å². The molecule has 1 aromatic carbocycles. The van der Waals surface area contributed by atoms with Gasteiger partial charge in [-0.2, -0.15) is 0 Å². The van der Waals surface area contributed by atoms with Crippen molar-refractivity contribution in [3.05, 3.63) is 29.8 Å². The highest BCUT2D eigenvalue weighted by molar-refractivity contribution is 5.96. The fourth-order valence-electron chi connectivity index (χ4n) is 2.99. The van der Waals surface area contributed by atoms with Crippen LogP contribution < -0.4 is 15.4 Å². The van der Waals surface area contributed by atoms with Gasteiger partial charge in [-0.05, 0) is 25.0 Å². The van der Waals surface area contributed by atoms with Gasteiger partial charge in [-0.1, -0.05) is 12.1 Å². The predicted molar refractivity (Wildman–Crippen MR) is 85.6 cm³/mol. The molecule has 2 heterocycles. The van der Waals surface area contributed by atoms with Crippen LogP contribution in [-0.4, -0.2) is 56.1 Å². The minimum absolute atomic E-state index is 0.0546. The third-order valence-electron chi connectivity index (χ3n) is 4.41. The molecule has 0 radical (unpaired) electrons. The van der Waals surface area contributed by atoms with Gasteiger partial charge in [-0.15, -0.1) is 0 Å². The van der Waals surface area contributed by atoms with Gasteiger partial charge >= 0.3 is 0 Å². The van der Waals surface area contributed by atoms with Crippen LogP contribution in [0.25, 0.3) is 0 Å². The number of hydrogen-bond acceptors (Lipinski definition) is 5. The van der Waals surface area contributed by atoms with E-state index in [0.29, 0.717) is 31.0 Å². The summed E-state index contributed by atoms with van der Waals surface area (Å²) < 4.78 is 11.3. The fourth-order valence-corrected chi connectivity index (χ4v) is 2.99. The molecule has 2 fully saturated rings. The van der Waals surface area contributed by atoms with E-state index in [1.54, 1.807) is 12.1 Å². The van der Waals surface area contributed by atoms with Crippen molar-refractivity contribution in [1.82, 2.24) is 10.6 Å². The number of aliphatic hydroxyl groups is 1. The van der Waals surface area contributed by atoms with Crippen LogP contribution in [0.5, 0.6) is 5.75 Å². The highest BCUT2D eigenvalue weighted by atomic mass is 16.5. The maximum atomic E-state index is 12.4. The highest BCUT2D eigenvalue weighted by Gasteiger charge is 2.25. The van der Waals surface area contributed by atoms with Gasteiger partial charge in [-0.25, -0.2) is 0 Å². The minimum atomic E-state index is -0.402. The first kappa shape index (κ1) is 16.2. The normalized spacial score (nSPS) is 27.1. The Morgan fingerprint density at radius 3 is 3.00 bits per heavy atom. The summed E-state index contributed by atoms with van der Waals surface area (Å²) in [6.45, 7) is 3.01. The van der Waals surface area contributed by atoms with Crippen molar-refractivity contribution in [2.24, 2.45) is 5.92 Å². The first-order valence-corrected chi connectivity index (χ1v) is 8.24. The van der Waals surface area contributed by atoms with Crippen LogP contribution in [0.15, 0.2) is 24.3 Å². The highest BCUT2D eigenvalue weighted by Crippen LogP contribution is 2.20. The lowest BCUT2D eigenvalue weighted by Gasteiger charge is -2.16. The van der Waals surface area contributed by atoms with Crippen molar-refractivity contribution < 1.29 is 19.4 Å². The van der Waals surface area contributed by atoms with Crippen molar-refractivity contribution in [2.45, 2.75) is 25.0 Å². The van der Waals surface area contributed by atoms with Crippen molar-refractivity contribution in [1.29, 1.82) is 0 Å². The Bertz CT molecular complexity index is 531. The Labute approximate surface area is 136 Å². The maximum absolute atomic E-state index is 12.4. The van der Waals surface area contributed by atoms with E-state index in [1.165, 1.54) is 0 Å². The van der Waals surface area contributed by atoms with Crippen LogP contribution >= 0.6 is 0 Å². The second kappa shape index (κ2) is 7.77. The van der Waals surface area contributed by atoms with E-state index in [4.69, 9.17) is 9.47 Å². The second-order valence-corrected chi connectivity index (χ2v) is 6.14. The van der Waals surface area contributed by atoms with Crippen LogP contribution in [0.3, 0.4) is 0 Å². The Hall–Kier alpha value is -1.63. The number of aliphatic hydroxyl groups excluding tert-OH is 1. The van der Waals surface area contributed by atoms with E-state index in [0.717, 1.165) is 26.0 Å². The molecule has 3 atom stereocenters. The molecule has 1 aromatic rings. The predicted octanol–water partition coefficient (Wildman–Crippen LogP) is 0.555. The van der Waals surface area contributed by atoms with E-state index >= 15 is 0 Å². The Kier molecular flexibility index (Phi) is 5.48. The van der Waals surface area contributed by atoms with Gasteiger partial charge in [0.2, 0.25) is 0 Å². The smallest absolute Gasteiger partial charge is 0.255 e. The van der Waals surface area contributed by atoms with Gasteiger partial charge in [0.25, 0.3) is 5.91 Å². The standard InChI is InChI=1S/C17H24N2O4/c20-15-10-18-8-12(15)9-19-17(21)14-5-1-2-6-16(14)23-11-13-4-3-7-22-13/h1-2,5-6,12-13,15,18,20H,3-4,7-11H2,(H,19,21). The molecule has 0 aromatic heterocycles. The zero-order valence-electron chi connectivity index (χ0n) is 13.2. The first-order chi connectivity index (χ1) is 11.2. The molecule has 6 nitrogen and oxygen atoms in total. The summed E-state index contributed by atoms with van der Waals surface area (Å²) in [5.41, 5.74) is 0.519. The van der Waals surface area contributed by atoms with Crippen LogP contribution in [0.1, 0.15) is 23.2 Å². The lowest BCUT2D eigenvalue weighted by Crippen LogP contribution is -2.34. The lowest BCUT2D eigenvalue weighted by molar-refractivity contribution is 0.0670. The van der Waals surface area contributed by atoms with E-state index in [1.807, 2.05) is 12.1 Å². The average Bonchev–Trinajstić information content (AvgIpc) is 3.22. The van der Waals surface area contributed by atoms with Crippen molar-refractivity contribution in [3.8, 4) is 5.75 Å². The summed E-state index contributed by atoms with van der Waals surface area (Å²) in [5, 5.41) is 15.8. The van der Waals surface area contributed by atoms with Crippen LogP contribution in [-0.2, 0) is 4.74 Å². The summed E-state index contributed by atoms with van der Waals surface area (Å²) in [4.78, 5) is 12.4. The Morgan fingerprint density at radius 2 is 2.26 bits per heavy atom. The molecule has 0 bridgehead atoms. The van der Waals surface area contributed by atoms with Crippen LogP contribution in [0.2, 0.25) is 0 Å².